The van der Waals surface area contributed by atoms with Gasteiger partial charge in [0, 0.05) is 41.9 Å². The molecule has 6 nitrogen and oxygen atoms in total. The summed E-state index contributed by atoms with van der Waals surface area (Å²) in [6.45, 7) is 1.00. The highest BCUT2D eigenvalue weighted by molar-refractivity contribution is 9.10. The Morgan fingerprint density at radius 2 is 1.67 bits per heavy atom. The third-order valence-corrected chi connectivity index (χ3v) is 5.12. The van der Waals surface area contributed by atoms with Gasteiger partial charge >= 0.3 is 0 Å². The number of rotatable bonds is 9. The highest BCUT2D eigenvalue weighted by Gasteiger charge is 2.13. The lowest BCUT2D eigenvalue weighted by molar-refractivity contribution is -0.121. The molecule has 1 aromatic heterocycles. The van der Waals surface area contributed by atoms with E-state index in [2.05, 4.69) is 31.5 Å². The van der Waals surface area contributed by atoms with E-state index in [1.807, 2.05) is 42.5 Å². The Labute approximate surface area is 183 Å². The number of aromatic nitrogens is 1. The number of nitrogens with one attached hydrogen (secondary N) is 2. The Kier molecular flexibility index (Phi) is 7.97. The number of pyridine rings is 1. The fourth-order valence-electron chi connectivity index (χ4n) is 2.73. The smallest absolute Gasteiger partial charge is 0.255 e. The molecule has 0 saturated carbocycles. The average Bonchev–Trinajstić information content (AvgIpc) is 2.78. The van der Waals surface area contributed by atoms with Crippen molar-refractivity contribution in [2.24, 2.45) is 0 Å². The predicted octanol–water partition coefficient (Wildman–Crippen LogP) is 3.86. The van der Waals surface area contributed by atoms with Gasteiger partial charge in [0.25, 0.3) is 5.91 Å². The van der Waals surface area contributed by atoms with E-state index >= 15 is 0 Å². The summed E-state index contributed by atoms with van der Waals surface area (Å²) in [6, 6.07) is 18.5. The summed E-state index contributed by atoms with van der Waals surface area (Å²) in [5, 5.41) is 5.60. The summed E-state index contributed by atoms with van der Waals surface area (Å²) in [5.74, 6) is 0.0816. The Morgan fingerprint density at radius 1 is 0.933 bits per heavy atom. The van der Waals surface area contributed by atoms with Gasteiger partial charge in [0.1, 0.15) is 12.4 Å². The molecule has 0 spiro atoms. The quantitative estimate of drug-likeness (QED) is 0.500. The highest BCUT2D eigenvalue weighted by Crippen LogP contribution is 2.22. The molecule has 0 unspecified atom stereocenters. The maximum absolute atomic E-state index is 12.6. The van der Waals surface area contributed by atoms with Crippen molar-refractivity contribution >= 4 is 27.7 Å². The first-order valence-electron chi connectivity index (χ1n) is 9.52. The van der Waals surface area contributed by atoms with E-state index < -0.39 is 0 Å². The fourth-order valence-corrected chi connectivity index (χ4v) is 3.12. The summed E-state index contributed by atoms with van der Waals surface area (Å²) in [5.41, 5.74) is 2.39. The van der Waals surface area contributed by atoms with Crippen LogP contribution in [0.15, 0.2) is 77.5 Å². The minimum Gasteiger partial charge on any atom is -0.488 e. The van der Waals surface area contributed by atoms with Gasteiger partial charge in [-0.25, -0.2) is 0 Å². The predicted molar refractivity (Wildman–Crippen MR) is 118 cm³/mol. The van der Waals surface area contributed by atoms with Gasteiger partial charge in [0.05, 0.1) is 5.56 Å². The van der Waals surface area contributed by atoms with Gasteiger partial charge < -0.3 is 15.4 Å². The molecule has 1 heterocycles. The van der Waals surface area contributed by atoms with Gasteiger partial charge in [-0.15, -0.1) is 0 Å². The van der Waals surface area contributed by atoms with Crippen LogP contribution in [0.1, 0.15) is 27.9 Å². The van der Waals surface area contributed by atoms with Crippen molar-refractivity contribution in [2.75, 3.05) is 6.54 Å². The van der Waals surface area contributed by atoms with Crippen LogP contribution in [0.25, 0.3) is 0 Å². The monoisotopic (exact) mass is 467 g/mol. The first-order chi connectivity index (χ1) is 14.6. The summed E-state index contributed by atoms with van der Waals surface area (Å²) in [7, 11) is 0. The molecule has 0 aliphatic heterocycles. The molecule has 0 aliphatic carbocycles. The largest absolute Gasteiger partial charge is 0.488 e. The average molecular weight is 468 g/mol. The van der Waals surface area contributed by atoms with Crippen molar-refractivity contribution in [3.63, 3.8) is 0 Å². The number of carbonyl (C=O) groups is 2. The third-order valence-electron chi connectivity index (χ3n) is 4.35. The third kappa shape index (κ3) is 6.42. The first kappa shape index (κ1) is 21.5. The van der Waals surface area contributed by atoms with Crippen molar-refractivity contribution in [3.8, 4) is 5.75 Å². The summed E-state index contributed by atoms with van der Waals surface area (Å²) >= 11 is 3.49. The standard InChI is InChI=1S/C23H22BrN3O3/c24-20-7-3-1-5-18(20)16-30-21-8-4-2-6-19(21)23(29)26-14-11-22(28)27-15-17-9-12-25-13-10-17/h1-10,12-13H,11,14-16H2,(H,26,29)(H,27,28). The van der Waals surface area contributed by atoms with Gasteiger partial charge in [-0.1, -0.05) is 46.3 Å². The SMILES string of the molecule is O=C(CCNC(=O)c1ccccc1OCc1ccccc1Br)NCc1ccncc1. The van der Waals surface area contributed by atoms with E-state index in [1.165, 1.54) is 0 Å². The fraction of sp³-hybridized carbons (Fsp3) is 0.174. The topological polar surface area (TPSA) is 80.3 Å². The zero-order chi connectivity index (χ0) is 21.2. The summed E-state index contributed by atoms with van der Waals surface area (Å²) in [4.78, 5) is 28.5. The van der Waals surface area contributed by atoms with Gasteiger partial charge in [0.15, 0.2) is 0 Å². The van der Waals surface area contributed by atoms with E-state index in [-0.39, 0.29) is 24.8 Å². The minimum absolute atomic E-state index is 0.134. The number of benzene rings is 2. The lowest BCUT2D eigenvalue weighted by Crippen LogP contribution is -2.30. The summed E-state index contributed by atoms with van der Waals surface area (Å²) < 4.78 is 6.81. The van der Waals surface area contributed by atoms with Crippen LogP contribution in [-0.2, 0) is 17.9 Å². The van der Waals surface area contributed by atoms with Crippen molar-refractivity contribution in [1.29, 1.82) is 0 Å². The highest BCUT2D eigenvalue weighted by atomic mass is 79.9. The van der Waals surface area contributed by atoms with Gasteiger partial charge in [-0.3, -0.25) is 14.6 Å². The second kappa shape index (κ2) is 11.1. The molecule has 3 aromatic rings. The maximum Gasteiger partial charge on any atom is 0.255 e. The Bertz CT molecular complexity index is 996. The second-order valence-corrected chi connectivity index (χ2v) is 7.37. The number of hydrogen-bond acceptors (Lipinski definition) is 4. The van der Waals surface area contributed by atoms with Crippen molar-refractivity contribution in [3.05, 3.63) is 94.2 Å². The van der Waals surface area contributed by atoms with E-state index in [1.54, 1.807) is 30.6 Å². The first-order valence-corrected chi connectivity index (χ1v) is 10.3. The van der Waals surface area contributed by atoms with Crippen LogP contribution in [0.4, 0.5) is 0 Å². The molecule has 0 bridgehead atoms. The van der Waals surface area contributed by atoms with E-state index in [0.717, 1.165) is 15.6 Å². The molecule has 0 saturated heterocycles. The molecular weight excluding hydrogens is 446 g/mol. The van der Waals surface area contributed by atoms with E-state index in [0.29, 0.717) is 24.5 Å². The normalized spacial score (nSPS) is 10.3. The maximum atomic E-state index is 12.6. The number of ether oxygens (including phenoxy) is 1. The summed E-state index contributed by atoms with van der Waals surface area (Å²) in [6.07, 6.45) is 3.55. The zero-order valence-electron chi connectivity index (χ0n) is 16.3. The number of amides is 2. The van der Waals surface area contributed by atoms with Gasteiger partial charge in [0.2, 0.25) is 5.91 Å². The Hall–Kier alpha value is -3.19. The Balaban J connectivity index is 1.48. The minimum atomic E-state index is -0.278. The molecule has 3 rings (SSSR count). The van der Waals surface area contributed by atoms with Crippen LogP contribution in [-0.4, -0.2) is 23.3 Å². The molecule has 0 aliphatic rings. The van der Waals surface area contributed by atoms with Crippen LogP contribution < -0.4 is 15.4 Å². The van der Waals surface area contributed by atoms with Crippen LogP contribution in [0.5, 0.6) is 5.75 Å². The van der Waals surface area contributed by atoms with Crippen molar-refractivity contribution in [2.45, 2.75) is 19.6 Å². The number of carbonyl (C=O) groups excluding carboxylic acids is 2. The number of nitrogens with zero attached hydrogens (tertiary/aromatic N) is 1. The Morgan fingerprint density at radius 3 is 2.47 bits per heavy atom. The second-order valence-electron chi connectivity index (χ2n) is 6.51. The molecule has 154 valence electrons. The van der Waals surface area contributed by atoms with Crippen LogP contribution in [0, 0.1) is 0 Å². The number of hydrogen-bond donors (Lipinski definition) is 2. The molecule has 0 atom stereocenters. The molecule has 2 amide bonds. The lowest BCUT2D eigenvalue weighted by atomic mass is 10.2. The molecule has 0 fully saturated rings. The molecular formula is C23H22BrN3O3. The zero-order valence-corrected chi connectivity index (χ0v) is 17.9. The van der Waals surface area contributed by atoms with Gasteiger partial charge in [-0.05, 0) is 35.9 Å². The molecule has 0 radical (unpaired) electrons. The van der Waals surface area contributed by atoms with Crippen LogP contribution in [0.3, 0.4) is 0 Å². The van der Waals surface area contributed by atoms with E-state index in [9.17, 15) is 9.59 Å². The van der Waals surface area contributed by atoms with Crippen LogP contribution in [0.2, 0.25) is 0 Å². The van der Waals surface area contributed by atoms with E-state index in [4.69, 9.17) is 4.74 Å². The molecule has 2 N–H and O–H groups in total. The number of para-hydroxylation sites is 1. The van der Waals surface area contributed by atoms with Crippen molar-refractivity contribution in [1.82, 2.24) is 15.6 Å². The van der Waals surface area contributed by atoms with Crippen molar-refractivity contribution < 1.29 is 14.3 Å². The lowest BCUT2D eigenvalue weighted by Gasteiger charge is -2.12. The number of halogens is 1. The molecule has 7 heteroatoms. The van der Waals surface area contributed by atoms with Gasteiger partial charge in [-0.2, -0.15) is 0 Å². The van der Waals surface area contributed by atoms with Crippen LogP contribution >= 0.6 is 15.9 Å². The molecule has 2 aromatic carbocycles. The molecule has 30 heavy (non-hydrogen) atoms.